The largest absolute Gasteiger partial charge is 0.463 e. The zero-order valence-electron chi connectivity index (χ0n) is 15.1. The number of anilines is 1. The number of piperazine rings is 1. The van der Waals surface area contributed by atoms with E-state index in [0.717, 1.165) is 44.1 Å². The van der Waals surface area contributed by atoms with Gasteiger partial charge >= 0.3 is 0 Å². The molecule has 0 spiro atoms. The Morgan fingerprint density at radius 2 is 1.74 bits per heavy atom. The fourth-order valence-electron chi connectivity index (χ4n) is 3.29. The zero-order valence-corrected chi connectivity index (χ0v) is 15.1. The minimum absolute atomic E-state index is 0.220. The molecule has 4 rings (SSSR count). The lowest BCUT2D eigenvalue weighted by molar-refractivity contribution is -0.131. The number of amides is 1. The van der Waals surface area contributed by atoms with Gasteiger partial charge in [-0.2, -0.15) is 0 Å². The molecular formula is C21H22N4O2. The third kappa shape index (κ3) is 4.16. The monoisotopic (exact) mass is 362 g/mol. The molecule has 2 aromatic heterocycles. The highest BCUT2D eigenvalue weighted by Gasteiger charge is 2.22. The molecule has 1 saturated heterocycles. The highest BCUT2D eigenvalue weighted by Crippen LogP contribution is 2.19. The summed E-state index contributed by atoms with van der Waals surface area (Å²) in [5.41, 5.74) is 1.93. The van der Waals surface area contributed by atoms with Crippen molar-refractivity contribution in [3.05, 3.63) is 66.4 Å². The number of hydrogen-bond acceptors (Lipinski definition) is 5. The normalized spacial score (nSPS) is 14.4. The van der Waals surface area contributed by atoms with Gasteiger partial charge in [-0.1, -0.05) is 30.3 Å². The lowest BCUT2D eigenvalue weighted by Gasteiger charge is -2.35. The van der Waals surface area contributed by atoms with Crippen LogP contribution in [0.2, 0.25) is 0 Å². The molecule has 27 heavy (non-hydrogen) atoms. The second-order valence-electron chi connectivity index (χ2n) is 6.61. The van der Waals surface area contributed by atoms with E-state index in [1.165, 1.54) is 5.56 Å². The van der Waals surface area contributed by atoms with E-state index < -0.39 is 0 Å². The molecule has 138 valence electrons. The highest BCUT2D eigenvalue weighted by atomic mass is 16.3. The van der Waals surface area contributed by atoms with E-state index in [2.05, 4.69) is 27.2 Å². The number of carbonyl (C=O) groups excluding carboxylic acids is 1. The summed E-state index contributed by atoms with van der Waals surface area (Å²) in [6.45, 7) is 2.97. The molecule has 6 heteroatoms. The van der Waals surface area contributed by atoms with E-state index in [9.17, 15) is 4.79 Å². The van der Waals surface area contributed by atoms with E-state index >= 15 is 0 Å². The smallest absolute Gasteiger partial charge is 0.223 e. The number of hydrogen-bond donors (Lipinski definition) is 0. The molecule has 0 atom stereocenters. The van der Waals surface area contributed by atoms with Crippen LogP contribution in [0, 0.1) is 0 Å². The molecule has 1 aliphatic heterocycles. The van der Waals surface area contributed by atoms with Gasteiger partial charge in [-0.15, -0.1) is 10.2 Å². The molecule has 0 radical (unpaired) electrons. The topological polar surface area (TPSA) is 62.5 Å². The Hall–Kier alpha value is -3.15. The summed E-state index contributed by atoms with van der Waals surface area (Å²) in [5.74, 6) is 1.77. The molecule has 0 N–H and O–H groups in total. The summed E-state index contributed by atoms with van der Waals surface area (Å²) < 4.78 is 5.34. The van der Waals surface area contributed by atoms with Gasteiger partial charge in [0.25, 0.3) is 0 Å². The van der Waals surface area contributed by atoms with Gasteiger partial charge in [-0.3, -0.25) is 4.79 Å². The van der Waals surface area contributed by atoms with Crippen LogP contribution in [0.5, 0.6) is 0 Å². The first-order chi connectivity index (χ1) is 13.3. The van der Waals surface area contributed by atoms with Crippen molar-refractivity contribution < 1.29 is 9.21 Å². The maximum Gasteiger partial charge on any atom is 0.223 e. The molecule has 0 unspecified atom stereocenters. The molecule has 1 amide bonds. The lowest BCUT2D eigenvalue weighted by atomic mass is 10.1. The van der Waals surface area contributed by atoms with Crippen LogP contribution in [0.4, 0.5) is 5.82 Å². The first-order valence-corrected chi connectivity index (χ1v) is 9.24. The van der Waals surface area contributed by atoms with Crippen LogP contribution < -0.4 is 4.90 Å². The second-order valence-corrected chi connectivity index (χ2v) is 6.61. The summed E-state index contributed by atoms with van der Waals surface area (Å²) in [7, 11) is 0. The van der Waals surface area contributed by atoms with E-state index in [0.29, 0.717) is 12.2 Å². The maximum absolute atomic E-state index is 12.5. The van der Waals surface area contributed by atoms with Gasteiger partial charge in [0.1, 0.15) is 5.69 Å². The van der Waals surface area contributed by atoms with Gasteiger partial charge < -0.3 is 14.2 Å². The van der Waals surface area contributed by atoms with Crippen molar-refractivity contribution in [1.82, 2.24) is 15.1 Å². The van der Waals surface area contributed by atoms with Crippen LogP contribution in [0.3, 0.4) is 0 Å². The summed E-state index contributed by atoms with van der Waals surface area (Å²) in [4.78, 5) is 16.6. The number of aromatic nitrogens is 2. The Balaban J connectivity index is 1.29. The quantitative estimate of drug-likeness (QED) is 0.698. The summed E-state index contributed by atoms with van der Waals surface area (Å²) in [6.07, 6.45) is 2.97. The zero-order chi connectivity index (χ0) is 18.5. The van der Waals surface area contributed by atoms with E-state index in [4.69, 9.17) is 4.42 Å². The molecule has 1 aromatic carbocycles. The van der Waals surface area contributed by atoms with Crippen LogP contribution in [0.25, 0.3) is 11.5 Å². The van der Waals surface area contributed by atoms with Crippen molar-refractivity contribution in [2.75, 3.05) is 31.1 Å². The van der Waals surface area contributed by atoms with E-state index in [1.807, 2.05) is 47.4 Å². The fourth-order valence-corrected chi connectivity index (χ4v) is 3.29. The molecule has 0 aliphatic carbocycles. The Kier molecular flexibility index (Phi) is 5.14. The molecule has 1 aliphatic rings. The van der Waals surface area contributed by atoms with Crippen molar-refractivity contribution in [2.24, 2.45) is 0 Å². The minimum Gasteiger partial charge on any atom is -0.463 e. The number of rotatable bonds is 5. The molecule has 0 saturated carbocycles. The Morgan fingerprint density at radius 1 is 0.926 bits per heavy atom. The van der Waals surface area contributed by atoms with Crippen LogP contribution in [0.15, 0.2) is 65.3 Å². The molecule has 3 heterocycles. The predicted octanol–water partition coefficient (Wildman–Crippen LogP) is 3.02. The van der Waals surface area contributed by atoms with E-state index in [1.54, 1.807) is 6.26 Å². The SMILES string of the molecule is O=C(CCc1ccccc1)N1CCN(c2ccc(-c3ccco3)nn2)CC1. The first-order valence-electron chi connectivity index (χ1n) is 9.24. The molecule has 0 bridgehead atoms. The van der Waals surface area contributed by atoms with E-state index in [-0.39, 0.29) is 5.91 Å². The third-order valence-electron chi connectivity index (χ3n) is 4.85. The number of carbonyl (C=O) groups is 1. The van der Waals surface area contributed by atoms with Crippen molar-refractivity contribution in [2.45, 2.75) is 12.8 Å². The number of benzene rings is 1. The average molecular weight is 362 g/mol. The van der Waals surface area contributed by atoms with Crippen molar-refractivity contribution in [3.8, 4) is 11.5 Å². The van der Waals surface area contributed by atoms with Gasteiger partial charge in [0.15, 0.2) is 11.6 Å². The molecule has 1 fully saturated rings. The summed E-state index contributed by atoms with van der Waals surface area (Å²) in [5, 5.41) is 8.56. The van der Waals surface area contributed by atoms with Gasteiger partial charge in [0.2, 0.25) is 5.91 Å². The fraction of sp³-hybridized carbons (Fsp3) is 0.286. The van der Waals surface area contributed by atoms with Crippen LogP contribution in [-0.4, -0.2) is 47.2 Å². The Morgan fingerprint density at radius 3 is 2.41 bits per heavy atom. The minimum atomic E-state index is 0.220. The number of aryl methyl sites for hydroxylation is 1. The Bertz CT molecular complexity index is 855. The average Bonchev–Trinajstić information content (AvgIpc) is 3.28. The Labute approximate surface area is 158 Å². The number of nitrogens with zero attached hydrogens (tertiary/aromatic N) is 4. The molecule has 3 aromatic rings. The van der Waals surface area contributed by atoms with Crippen molar-refractivity contribution in [1.29, 1.82) is 0 Å². The molecular weight excluding hydrogens is 340 g/mol. The van der Waals surface area contributed by atoms with Crippen LogP contribution in [0.1, 0.15) is 12.0 Å². The van der Waals surface area contributed by atoms with Crippen LogP contribution in [-0.2, 0) is 11.2 Å². The van der Waals surface area contributed by atoms with Gasteiger partial charge in [-0.25, -0.2) is 0 Å². The second kappa shape index (κ2) is 8.03. The maximum atomic E-state index is 12.5. The standard InChI is InChI=1S/C21H22N4O2/c26-21(11-8-17-5-2-1-3-6-17)25-14-12-24(13-15-25)20-10-9-18(22-23-20)19-7-4-16-27-19/h1-7,9-10,16H,8,11-15H2. The van der Waals surface area contributed by atoms with Crippen LogP contribution >= 0.6 is 0 Å². The van der Waals surface area contributed by atoms with Crippen molar-refractivity contribution >= 4 is 11.7 Å². The van der Waals surface area contributed by atoms with Gasteiger partial charge in [0.05, 0.1) is 6.26 Å². The third-order valence-corrected chi connectivity index (χ3v) is 4.85. The lowest BCUT2D eigenvalue weighted by Crippen LogP contribution is -2.49. The highest BCUT2D eigenvalue weighted by molar-refractivity contribution is 5.76. The first kappa shape index (κ1) is 17.3. The number of furan rings is 1. The summed E-state index contributed by atoms with van der Waals surface area (Å²) in [6, 6.07) is 17.7. The van der Waals surface area contributed by atoms with Crippen molar-refractivity contribution in [3.63, 3.8) is 0 Å². The van der Waals surface area contributed by atoms with Gasteiger partial charge in [0, 0.05) is 32.6 Å². The van der Waals surface area contributed by atoms with Gasteiger partial charge in [-0.05, 0) is 36.2 Å². The summed E-state index contributed by atoms with van der Waals surface area (Å²) >= 11 is 0. The molecule has 6 nitrogen and oxygen atoms in total. The predicted molar refractivity (Wildman–Crippen MR) is 103 cm³/mol.